The van der Waals surface area contributed by atoms with Gasteiger partial charge in [0.05, 0.1) is 23.4 Å². The van der Waals surface area contributed by atoms with E-state index in [1.54, 1.807) is 12.4 Å². The molecule has 0 unspecified atom stereocenters. The first-order valence-electron chi connectivity index (χ1n) is 8.44. The van der Waals surface area contributed by atoms with Crippen LogP contribution in [0.3, 0.4) is 0 Å². The van der Waals surface area contributed by atoms with Crippen molar-refractivity contribution >= 4 is 5.97 Å². The van der Waals surface area contributed by atoms with E-state index >= 15 is 0 Å². The van der Waals surface area contributed by atoms with Gasteiger partial charge in [0.25, 0.3) is 0 Å². The molecule has 0 bridgehead atoms. The van der Waals surface area contributed by atoms with Crippen molar-refractivity contribution in [2.24, 2.45) is 5.92 Å². The molecule has 1 saturated heterocycles. The average Bonchev–Trinajstić information content (AvgIpc) is 3.04. The summed E-state index contributed by atoms with van der Waals surface area (Å²) in [6.07, 6.45) is 0.569. The van der Waals surface area contributed by atoms with Crippen molar-refractivity contribution < 1.29 is 23.1 Å². The Morgan fingerprint density at radius 1 is 1.31 bits per heavy atom. The molecule has 26 heavy (non-hydrogen) atoms. The summed E-state index contributed by atoms with van der Waals surface area (Å²) < 4.78 is 39.5. The van der Waals surface area contributed by atoms with Gasteiger partial charge in [-0.2, -0.15) is 18.3 Å². The van der Waals surface area contributed by atoms with Crippen molar-refractivity contribution in [1.82, 2.24) is 14.7 Å². The van der Waals surface area contributed by atoms with Crippen molar-refractivity contribution in [2.75, 3.05) is 6.54 Å². The van der Waals surface area contributed by atoms with Crippen molar-refractivity contribution in [3.05, 3.63) is 47.8 Å². The number of benzene rings is 1. The molecule has 1 aromatic heterocycles. The Morgan fingerprint density at radius 2 is 2.00 bits per heavy atom. The highest BCUT2D eigenvalue weighted by Crippen LogP contribution is 2.30. The molecule has 2 atom stereocenters. The normalized spacial score (nSPS) is 21.7. The summed E-state index contributed by atoms with van der Waals surface area (Å²) in [5.41, 5.74) is 0.734. The summed E-state index contributed by atoms with van der Waals surface area (Å²) >= 11 is 0. The average molecular weight is 367 g/mol. The van der Waals surface area contributed by atoms with Gasteiger partial charge >= 0.3 is 12.1 Å². The zero-order chi connectivity index (χ0) is 18.9. The second-order valence-corrected chi connectivity index (χ2v) is 6.64. The number of aromatic nitrogens is 2. The summed E-state index contributed by atoms with van der Waals surface area (Å²) in [6, 6.07) is 4.74. The number of carboxylic acid groups (broad SMARTS) is 1. The molecule has 0 amide bonds. The molecule has 1 aliphatic rings. The molecule has 0 spiro atoms. The van der Waals surface area contributed by atoms with Crippen LogP contribution >= 0.6 is 0 Å². The van der Waals surface area contributed by atoms with Crippen molar-refractivity contribution in [3.8, 4) is 5.69 Å². The third-order valence-electron chi connectivity index (χ3n) is 4.92. The fourth-order valence-electron chi connectivity index (χ4n) is 3.39. The number of aliphatic carboxylic acids is 1. The summed E-state index contributed by atoms with van der Waals surface area (Å²) in [4.78, 5) is 13.4. The molecule has 2 aromatic rings. The Kier molecular flexibility index (Phi) is 5.04. The lowest BCUT2D eigenvalue weighted by Gasteiger charge is -2.37. The maximum atomic E-state index is 12.6. The maximum absolute atomic E-state index is 12.6. The molecular weight excluding hydrogens is 347 g/mol. The van der Waals surface area contributed by atoms with Crippen molar-refractivity contribution in [2.45, 2.75) is 38.5 Å². The molecule has 0 aliphatic carbocycles. The minimum atomic E-state index is -4.36. The lowest BCUT2D eigenvalue weighted by atomic mass is 9.90. The maximum Gasteiger partial charge on any atom is 0.416 e. The summed E-state index contributed by atoms with van der Waals surface area (Å²) in [5.74, 6) is -1.16. The van der Waals surface area contributed by atoms with Crippen LogP contribution in [0.15, 0.2) is 36.7 Å². The zero-order valence-corrected chi connectivity index (χ0v) is 14.3. The molecule has 5 nitrogen and oxygen atoms in total. The van der Waals surface area contributed by atoms with Gasteiger partial charge in [-0.15, -0.1) is 0 Å². The van der Waals surface area contributed by atoms with E-state index in [2.05, 4.69) is 10.00 Å². The Hall–Kier alpha value is -2.35. The van der Waals surface area contributed by atoms with Gasteiger partial charge in [-0.3, -0.25) is 9.69 Å². The fourth-order valence-corrected chi connectivity index (χ4v) is 3.39. The third-order valence-corrected chi connectivity index (χ3v) is 4.92. The van der Waals surface area contributed by atoms with Gasteiger partial charge in [-0.05, 0) is 50.6 Å². The Balaban J connectivity index is 1.71. The van der Waals surface area contributed by atoms with E-state index in [0.29, 0.717) is 18.7 Å². The largest absolute Gasteiger partial charge is 0.481 e. The first-order chi connectivity index (χ1) is 12.3. The number of rotatable bonds is 4. The van der Waals surface area contributed by atoms with E-state index in [-0.39, 0.29) is 12.0 Å². The molecule has 1 N–H and O–H groups in total. The van der Waals surface area contributed by atoms with E-state index in [1.165, 1.54) is 16.8 Å². The first-order valence-corrected chi connectivity index (χ1v) is 8.44. The first kappa shape index (κ1) is 18.4. The highest BCUT2D eigenvalue weighted by atomic mass is 19.4. The number of hydrogen-bond donors (Lipinski definition) is 1. The van der Waals surface area contributed by atoms with Crippen LogP contribution in [0.2, 0.25) is 0 Å². The van der Waals surface area contributed by atoms with Crippen LogP contribution in [0, 0.1) is 5.92 Å². The van der Waals surface area contributed by atoms with Crippen LogP contribution in [0.1, 0.15) is 30.9 Å². The highest BCUT2D eigenvalue weighted by molar-refractivity contribution is 5.71. The van der Waals surface area contributed by atoms with Crippen LogP contribution in [0.5, 0.6) is 0 Å². The monoisotopic (exact) mass is 367 g/mol. The highest BCUT2D eigenvalue weighted by Gasteiger charge is 2.33. The Morgan fingerprint density at radius 3 is 2.62 bits per heavy atom. The predicted octanol–water partition coefficient (Wildman–Crippen LogP) is 3.58. The minimum Gasteiger partial charge on any atom is -0.481 e. The molecule has 0 radical (unpaired) electrons. The second-order valence-electron chi connectivity index (χ2n) is 6.64. The SMILES string of the molecule is C[C@@H]1[C@H](C(=O)O)CCCN1Cc1cnn(-c2ccc(C(F)(F)F)cc2)c1. The quantitative estimate of drug-likeness (QED) is 0.898. The molecule has 0 saturated carbocycles. The second kappa shape index (κ2) is 7.11. The summed E-state index contributed by atoms with van der Waals surface area (Å²) in [6.45, 7) is 3.29. The van der Waals surface area contributed by atoms with E-state index < -0.39 is 17.7 Å². The number of piperidine rings is 1. The lowest BCUT2D eigenvalue weighted by molar-refractivity contribution is -0.145. The summed E-state index contributed by atoms with van der Waals surface area (Å²) in [5, 5.41) is 13.5. The molecule has 1 aromatic carbocycles. The molecule has 3 rings (SSSR count). The smallest absolute Gasteiger partial charge is 0.416 e. The number of halogens is 3. The number of carboxylic acids is 1. The van der Waals surface area contributed by atoms with Gasteiger partial charge in [0.1, 0.15) is 0 Å². The lowest BCUT2D eigenvalue weighted by Crippen LogP contribution is -2.45. The molecule has 140 valence electrons. The fraction of sp³-hybridized carbons (Fsp3) is 0.444. The zero-order valence-electron chi connectivity index (χ0n) is 14.3. The molecule has 1 fully saturated rings. The van der Waals surface area contributed by atoms with E-state index in [0.717, 1.165) is 30.7 Å². The van der Waals surface area contributed by atoms with Crippen LogP contribution < -0.4 is 0 Å². The molecule has 1 aliphatic heterocycles. The minimum absolute atomic E-state index is 0.0735. The van der Waals surface area contributed by atoms with Crippen LogP contribution in [-0.4, -0.2) is 38.3 Å². The number of alkyl halides is 3. The van der Waals surface area contributed by atoms with Crippen LogP contribution in [-0.2, 0) is 17.5 Å². The van der Waals surface area contributed by atoms with Gasteiger partial charge in [0, 0.05) is 24.3 Å². The Labute approximate surface area is 149 Å². The Bertz CT molecular complexity index is 771. The van der Waals surface area contributed by atoms with Crippen LogP contribution in [0.4, 0.5) is 13.2 Å². The number of hydrogen-bond acceptors (Lipinski definition) is 3. The van der Waals surface area contributed by atoms with Crippen molar-refractivity contribution in [3.63, 3.8) is 0 Å². The standard InChI is InChI=1S/C18H20F3N3O2/c1-12-16(17(25)26)3-2-8-23(12)10-13-9-22-24(11-13)15-6-4-14(5-7-15)18(19,20)21/h4-7,9,11-12,16H,2-3,8,10H2,1H3,(H,25,26)/t12-,16-/m1/s1. The predicted molar refractivity (Wildman–Crippen MR) is 88.8 cm³/mol. The molecular formula is C18H20F3N3O2. The topological polar surface area (TPSA) is 58.4 Å². The van der Waals surface area contributed by atoms with E-state index in [9.17, 15) is 23.1 Å². The van der Waals surface area contributed by atoms with E-state index in [4.69, 9.17) is 0 Å². The molecule has 2 heterocycles. The van der Waals surface area contributed by atoms with Gasteiger partial charge in [-0.25, -0.2) is 4.68 Å². The number of likely N-dealkylation sites (tertiary alicyclic amines) is 1. The third kappa shape index (κ3) is 3.90. The number of nitrogens with zero attached hydrogens (tertiary/aromatic N) is 3. The van der Waals surface area contributed by atoms with Gasteiger partial charge < -0.3 is 5.11 Å². The van der Waals surface area contributed by atoms with Gasteiger partial charge in [0.15, 0.2) is 0 Å². The van der Waals surface area contributed by atoms with Gasteiger partial charge in [0.2, 0.25) is 0 Å². The molecule has 8 heteroatoms. The van der Waals surface area contributed by atoms with E-state index in [1.807, 2.05) is 6.92 Å². The summed E-state index contributed by atoms with van der Waals surface area (Å²) in [7, 11) is 0. The van der Waals surface area contributed by atoms with Crippen molar-refractivity contribution in [1.29, 1.82) is 0 Å². The number of carbonyl (C=O) groups is 1. The van der Waals surface area contributed by atoms with Gasteiger partial charge in [-0.1, -0.05) is 0 Å². The van der Waals surface area contributed by atoms with Crippen LogP contribution in [0.25, 0.3) is 5.69 Å².